The van der Waals surface area contributed by atoms with Crippen LogP contribution in [0.5, 0.6) is 0 Å². The molecule has 2 atom stereocenters. The predicted molar refractivity (Wildman–Crippen MR) is 125 cm³/mol. The molecule has 3 nitrogen and oxygen atoms in total. The number of benzene rings is 2. The topological polar surface area (TPSA) is 36.1 Å². The Labute approximate surface area is 179 Å². The Morgan fingerprint density at radius 2 is 1.83 bits per heavy atom. The molecular formula is C27H32N2O. The lowest BCUT2D eigenvalue weighted by atomic mass is 9.65. The van der Waals surface area contributed by atoms with Crippen LogP contribution in [0.3, 0.4) is 0 Å². The van der Waals surface area contributed by atoms with E-state index in [0.717, 1.165) is 46.4 Å². The number of likely N-dealkylation sites (tertiary alicyclic amines) is 1. The molecule has 2 fully saturated rings. The summed E-state index contributed by atoms with van der Waals surface area (Å²) in [5, 5.41) is 0.804. The lowest BCUT2D eigenvalue weighted by Gasteiger charge is -2.40. The van der Waals surface area contributed by atoms with Crippen LogP contribution >= 0.6 is 0 Å². The Kier molecular flexibility index (Phi) is 4.44. The van der Waals surface area contributed by atoms with Gasteiger partial charge in [-0.3, -0.25) is 9.69 Å². The van der Waals surface area contributed by atoms with E-state index in [4.69, 9.17) is 0 Å². The zero-order valence-electron chi connectivity index (χ0n) is 18.6. The van der Waals surface area contributed by atoms with Gasteiger partial charge in [-0.2, -0.15) is 0 Å². The SMILES string of the molecule is Cc1ccc2[nH]c(-c3ccccc3)c(CN3CC4(C)CC3CC(C)(C)C4)c(=O)c2c1. The first-order chi connectivity index (χ1) is 14.2. The molecule has 1 aliphatic heterocycles. The summed E-state index contributed by atoms with van der Waals surface area (Å²) < 4.78 is 0. The number of rotatable bonds is 3. The third-order valence-electron chi connectivity index (χ3n) is 7.20. The van der Waals surface area contributed by atoms with Gasteiger partial charge in [-0.1, -0.05) is 62.7 Å². The molecule has 156 valence electrons. The van der Waals surface area contributed by atoms with Crippen molar-refractivity contribution in [2.45, 2.75) is 59.5 Å². The van der Waals surface area contributed by atoms with Crippen LogP contribution < -0.4 is 5.43 Å². The third kappa shape index (κ3) is 3.39. The number of hydrogen-bond donors (Lipinski definition) is 1. The van der Waals surface area contributed by atoms with Crippen LogP contribution in [0.1, 0.15) is 51.2 Å². The Bertz CT molecular complexity index is 1160. The van der Waals surface area contributed by atoms with Crippen LogP contribution in [0.25, 0.3) is 22.2 Å². The summed E-state index contributed by atoms with van der Waals surface area (Å²) in [6, 6.07) is 17.0. The zero-order chi connectivity index (χ0) is 21.1. The van der Waals surface area contributed by atoms with Crippen molar-refractivity contribution in [3.8, 4) is 11.3 Å². The Morgan fingerprint density at radius 3 is 2.60 bits per heavy atom. The molecule has 1 N–H and O–H groups in total. The summed E-state index contributed by atoms with van der Waals surface area (Å²) in [6.07, 6.45) is 3.74. The van der Waals surface area contributed by atoms with Crippen LogP contribution in [0.2, 0.25) is 0 Å². The number of aromatic nitrogens is 1. The van der Waals surface area contributed by atoms with E-state index in [9.17, 15) is 4.79 Å². The number of aromatic amines is 1. The second-order valence-corrected chi connectivity index (χ2v) is 10.8. The minimum Gasteiger partial charge on any atom is -0.354 e. The van der Waals surface area contributed by atoms with E-state index in [-0.39, 0.29) is 5.43 Å². The minimum absolute atomic E-state index is 0.178. The van der Waals surface area contributed by atoms with Gasteiger partial charge in [-0.05, 0) is 54.7 Å². The summed E-state index contributed by atoms with van der Waals surface area (Å²) >= 11 is 0. The largest absolute Gasteiger partial charge is 0.354 e. The first-order valence-electron chi connectivity index (χ1n) is 11.2. The van der Waals surface area contributed by atoms with Gasteiger partial charge in [0.2, 0.25) is 0 Å². The van der Waals surface area contributed by atoms with E-state index < -0.39 is 0 Å². The van der Waals surface area contributed by atoms with Crippen LogP contribution in [0, 0.1) is 17.8 Å². The number of hydrogen-bond acceptors (Lipinski definition) is 2. The van der Waals surface area contributed by atoms with E-state index in [1.165, 1.54) is 19.3 Å². The van der Waals surface area contributed by atoms with E-state index in [1.54, 1.807) is 0 Å². The third-order valence-corrected chi connectivity index (χ3v) is 7.20. The van der Waals surface area contributed by atoms with Crippen LogP contribution in [0.15, 0.2) is 53.3 Å². The molecule has 0 radical (unpaired) electrons. The molecular weight excluding hydrogens is 368 g/mol. The van der Waals surface area contributed by atoms with Gasteiger partial charge < -0.3 is 4.98 Å². The molecule has 2 heterocycles. The summed E-state index contributed by atoms with van der Waals surface area (Å²) in [7, 11) is 0. The van der Waals surface area contributed by atoms with Gasteiger partial charge in [-0.15, -0.1) is 0 Å². The number of nitrogens with zero attached hydrogens (tertiary/aromatic N) is 1. The van der Waals surface area contributed by atoms with Crippen molar-refractivity contribution in [3.05, 3.63) is 69.9 Å². The molecule has 2 bridgehead atoms. The maximum absolute atomic E-state index is 13.7. The van der Waals surface area contributed by atoms with Gasteiger partial charge in [0, 0.05) is 35.6 Å². The molecule has 5 rings (SSSR count). The number of H-pyrrole nitrogens is 1. The monoisotopic (exact) mass is 400 g/mol. The first kappa shape index (κ1) is 19.6. The van der Waals surface area contributed by atoms with E-state index in [1.807, 2.05) is 30.3 Å². The Hall–Kier alpha value is -2.39. The maximum Gasteiger partial charge on any atom is 0.194 e. The minimum atomic E-state index is 0.178. The lowest BCUT2D eigenvalue weighted by Crippen LogP contribution is -2.35. The number of fused-ring (bicyclic) bond motifs is 3. The molecule has 3 aromatic rings. The molecule has 0 amide bonds. The molecule has 1 aromatic heterocycles. The number of nitrogens with one attached hydrogen (secondary N) is 1. The number of aryl methyl sites for hydroxylation is 1. The van der Waals surface area contributed by atoms with E-state index in [2.05, 4.69) is 55.8 Å². The molecule has 0 spiro atoms. The highest BCUT2D eigenvalue weighted by molar-refractivity contribution is 5.83. The smallest absolute Gasteiger partial charge is 0.194 e. The average molecular weight is 401 g/mol. The van der Waals surface area contributed by atoms with Crippen molar-refractivity contribution in [3.63, 3.8) is 0 Å². The Morgan fingerprint density at radius 1 is 1.07 bits per heavy atom. The lowest BCUT2D eigenvalue weighted by molar-refractivity contribution is 0.126. The molecule has 2 aromatic carbocycles. The molecule has 2 unspecified atom stereocenters. The highest BCUT2D eigenvalue weighted by Crippen LogP contribution is 2.52. The van der Waals surface area contributed by atoms with Crippen molar-refractivity contribution in [2.24, 2.45) is 10.8 Å². The van der Waals surface area contributed by atoms with Gasteiger partial charge in [0.1, 0.15) is 0 Å². The summed E-state index contributed by atoms with van der Waals surface area (Å²) in [5.74, 6) is 0. The van der Waals surface area contributed by atoms with Crippen molar-refractivity contribution in [1.82, 2.24) is 9.88 Å². The molecule has 3 heteroatoms. The van der Waals surface area contributed by atoms with Crippen LogP contribution in [-0.2, 0) is 6.54 Å². The first-order valence-corrected chi connectivity index (χ1v) is 11.2. The summed E-state index contributed by atoms with van der Waals surface area (Å²) in [6.45, 7) is 11.1. The van der Waals surface area contributed by atoms with Gasteiger partial charge in [0.25, 0.3) is 0 Å². The van der Waals surface area contributed by atoms with Crippen molar-refractivity contribution >= 4 is 10.9 Å². The van der Waals surface area contributed by atoms with Gasteiger partial charge >= 0.3 is 0 Å². The standard InChI is InChI=1S/C27H32N2O/c1-18-10-11-23-21(12-18)25(30)22(24(28-23)19-8-6-5-7-9-19)15-29-17-27(4)14-20(29)13-26(2,3)16-27/h5-12,20H,13-17H2,1-4H3,(H,28,30). The van der Waals surface area contributed by atoms with Gasteiger partial charge in [-0.25, -0.2) is 0 Å². The summed E-state index contributed by atoms with van der Waals surface area (Å²) in [4.78, 5) is 19.9. The number of pyridine rings is 1. The Balaban J connectivity index is 1.63. The fourth-order valence-corrected chi connectivity index (χ4v) is 6.41. The van der Waals surface area contributed by atoms with Gasteiger partial charge in [0.05, 0.1) is 5.69 Å². The molecule has 2 aliphatic rings. The second-order valence-electron chi connectivity index (χ2n) is 10.8. The van der Waals surface area contributed by atoms with Crippen LogP contribution in [-0.4, -0.2) is 22.5 Å². The molecule has 1 saturated heterocycles. The highest BCUT2D eigenvalue weighted by atomic mass is 16.1. The summed E-state index contributed by atoms with van der Waals surface area (Å²) in [5.41, 5.74) is 5.93. The maximum atomic E-state index is 13.7. The quantitative estimate of drug-likeness (QED) is 0.594. The van der Waals surface area contributed by atoms with E-state index >= 15 is 0 Å². The molecule has 30 heavy (non-hydrogen) atoms. The zero-order valence-corrected chi connectivity index (χ0v) is 18.6. The molecule has 1 aliphatic carbocycles. The van der Waals surface area contributed by atoms with Crippen LogP contribution in [0.4, 0.5) is 0 Å². The van der Waals surface area contributed by atoms with E-state index in [0.29, 0.717) is 16.9 Å². The van der Waals surface area contributed by atoms with Crippen molar-refractivity contribution in [2.75, 3.05) is 6.54 Å². The fraction of sp³-hybridized carbons (Fsp3) is 0.444. The normalized spacial score (nSPS) is 25.7. The molecule has 1 saturated carbocycles. The second kappa shape index (κ2) is 6.81. The fourth-order valence-electron chi connectivity index (χ4n) is 6.41. The average Bonchev–Trinajstić information content (AvgIpc) is 2.92. The van der Waals surface area contributed by atoms with Crippen molar-refractivity contribution < 1.29 is 0 Å². The van der Waals surface area contributed by atoms with Crippen molar-refractivity contribution in [1.29, 1.82) is 0 Å². The van der Waals surface area contributed by atoms with Gasteiger partial charge in [0.15, 0.2) is 5.43 Å². The predicted octanol–water partition coefficient (Wildman–Crippen LogP) is 5.90. The highest BCUT2D eigenvalue weighted by Gasteiger charge is 2.49.